The van der Waals surface area contributed by atoms with Gasteiger partial charge in [-0.3, -0.25) is 8.98 Å². The first-order chi connectivity index (χ1) is 10.4. The van der Waals surface area contributed by atoms with Crippen LogP contribution in [0.4, 0.5) is 0 Å². The number of benzene rings is 1. The minimum Gasteiger partial charge on any atom is -0.297 e. The Morgan fingerprint density at radius 1 is 1.14 bits per heavy atom. The molecule has 0 bridgehead atoms. The van der Waals surface area contributed by atoms with Crippen molar-refractivity contribution in [2.45, 2.75) is 44.4 Å². The van der Waals surface area contributed by atoms with Gasteiger partial charge in [0.1, 0.15) is 6.61 Å². The number of carbonyl (C=O) groups excluding carboxylic acids is 1. The zero-order valence-corrected chi connectivity index (χ0v) is 14.0. The van der Waals surface area contributed by atoms with E-state index in [-0.39, 0.29) is 23.2 Å². The lowest BCUT2D eigenvalue weighted by molar-refractivity contribution is -0.126. The maximum absolute atomic E-state index is 12.2. The van der Waals surface area contributed by atoms with E-state index in [2.05, 4.69) is 13.8 Å². The van der Waals surface area contributed by atoms with E-state index in [0.717, 1.165) is 25.7 Å². The molecule has 122 valence electrons. The number of Topliss-reactive ketones (excluding diaryl/α,β-unsaturated/α-hetero) is 1. The van der Waals surface area contributed by atoms with Gasteiger partial charge in [-0.2, -0.15) is 8.42 Å². The third kappa shape index (κ3) is 4.40. The highest BCUT2D eigenvalue weighted by molar-refractivity contribution is 7.86. The van der Waals surface area contributed by atoms with Crippen molar-refractivity contribution in [1.82, 2.24) is 0 Å². The standard InChI is InChI=1S/C17H24O4S/c1-13(2)14-8-10-15(11-9-14)17(18)12-21-22(19,20)16-6-4-3-5-7-16/h3-7,13-15H,8-12H2,1-2H3. The van der Waals surface area contributed by atoms with Crippen molar-refractivity contribution in [3.05, 3.63) is 30.3 Å². The average molecular weight is 324 g/mol. The zero-order chi connectivity index (χ0) is 16.2. The van der Waals surface area contributed by atoms with Gasteiger partial charge in [-0.05, 0) is 49.7 Å². The minimum atomic E-state index is -3.84. The summed E-state index contributed by atoms with van der Waals surface area (Å²) in [5.74, 6) is 1.17. The van der Waals surface area contributed by atoms with E-state index in [9.17, 15) is 13.2 Å². The topological polar surface area (TPSA) is 60.4 Å². The second-order valence-electron chi connectivity index (χ2n) is 6.35. The molecule has 22 heavy (non-hydrogen) atoms. The van der Waals surface area contributed by atoms with Crippen molar-refractivity contribution in [1.29, 1.82) is 0 Å². The number of carbonyl (C=O) groups is 1. The molecule has 2 rings (SSSR count). The summed E-state index contributed by atoms with van der Waals surface area (Å²) in [4.78, 5) is 12.3. The molecule has 4 nitrogen and oxygen atoms in total. The van der Waals surface area contributed by atoms with Crippen LogP contribution in [-0.2, 0) is 19.1 Å². The Morgan fingerprint density at radius 3 is 2.27 bits per heavy atom. The summed E-state index contributed by atoms with van der Waals surface area (Å²) in [6.07, 6.45) is 3.77. The summed E-state index contributed by atoms with van der Waals surface area (Å²) in [6.45, 7) is 4.07. The SMILES string of the molecule is CC(C)C1CCC(C(=O)COS(=O)(=O)c2ccccc2)CC1. The van der Waals surface area contributed by atoms with Crippen LogP contribution in [0.25, 0.3) is 0 Å². The molecular weight excluding hydrogens is 300 g/mol. The largest absolute Gasteiger partial charge is 0.297 e. The van der Waals surface area contributed by atoms with Gasteiger partial charge in [-0.1, -0.05) is 32.0 Å². The van der Waals surface area contributed by atoms with Gasteiger partial charge in [-0.25, -0.2) is 0 Å². The molecule has 1 aliphatic carbocycles. The lowest BCUT2D eigenvalue weighted by Crippen LogP contribution is -2.27. The van der Waals surface area contributed by atoms with Gasteiger partial charge in [0.25, 0.3) is 10.1 Å². The smallest absolute Gasteiger partial charge is 0.297 e. The quantitative estimate of drug-likeness (QED) is 0.752. The Labute approximate surface area is 133 Å². The highest BCUT2D eigenvalue weighted by atomic mass is 32.2. The van der Waals surface area contributed by atoms with Gasteiger partial charge >= 0.3 is 0 Å². The van der Waals surface area contributed by atoms with E-state index >= 15 is 0 Å². The number of hydrogen-bond acceptors (Lipinski definition) is 4. The van der Waals surface area contributed by atoms with Crippen LogP contribution in [-0.4, -0.2) is 20.8 Å². The van der Waals surface area contributed by atoms with E-state index in [1.54, 1.807) is 18.2 Å². The first-order valence-electron chi connectivity index (χ1n) is 7.87. The molecule has 0 aliphatic heterocycles. The van der Waals surface area contributed by atoms with Gasteiger partial charge in [0.05, 0.1) is 4.90 Å². The molecule has 1 aromatic rings. The molecule has 0 amide bonds. The molecule has 0 N–H and O–H groups in total. The highest BCUT2D eigenvalue weighted by Crippen LogP contribution is 2.33. The molecule has 1 aliphatic rings. The van der Waals surface area contributed by atoms with Crippen molar-refractivity contribution < 1.29 is 17.4 Å². The second-order valence-corrected chi connectivity index (χ2v) is 7.97. The predicted molar refractivity (Wildman–Crippen MR) is 84.9 cm³/mol. The first kappa shape index (κ1) is 17.2. The molecule has 0 unspecified atom stereocenters. The van der Waals surface area contributed by atoms with Crippen LogP contribution in [0.1, 0.15) is 39.5 Å². The average Bonchev–Trinajstić information content (AvgIpc) is 2.53. The van der Waals surface area contributed by atoms with Crippen molar-refractivity contribution in [3.8, 4) is 0 Å². The van der Waals surface area contributed by atoms with E-state index in [0.29, 0.717) is 11.8 Å². The van der Waals surface area contributed by atoms with Crippen LogP contribution in [0.2, 0.25) is 0 Å². The van der Waals surface area contributed by atoms with Crippen molar-refractivity contribution in [2.75, 3.05) is 6.61 Å². The molecular formula is C17H24O4S. The van der Waals surface area contributed by atoms with Gasteiger partial charge in [0.2, 0.25) is 0 Å². The summed E-state index contributed by atoms with van der Waals surface area (Å²) >= 11 is 0. The fourth-order valence-corrected chi connectivity index (χ4v) is 3.91. The number of ketones is 1. The van der Waals surface area contributed by atoms with Crippen molar-refractivity contribution in [2.24, 2.45) is 17.8 Å². The minimum absolute atomic E-state index is 0.0547. The molecule has 0 atom stereocenters. The van der Waals surface area contributed by atoms with Gasteiger partial charge < -0.3 is 0 Å². The molecule has 1 fully saturated rings. The molecule has 1 saturated carbocycles. The van der Waals surface area contributed by atoms with Gasteiger partial charge in [0.15, 0.2) is 5.78 Å². The van der Waals surface area contributed by atoms with Crippen LogP contribution >= 0.6 is 0 Å². The van der Waals surface area contributed by atoms with Crippen molar-refractivity contribution in [3.63, 3.8) is 0 Å². The Balaban J connectivity index is 1.86. The molecule has 1 aromatic carbocycles. The summed E-state index contributed by atoms with van der Waals surface area (Å²) < 4.78 is 28.9. The predicted octanol–water partition coefficient (Wildman–Crippen LogP) is 3.42. The molecule has 0 heterocycles. The summed E-state index contributed by atoms with van der Waals surface area (Å²) in [5.41, 5.74) is 0. The summed E-state index contributed by atoms with van der Waals surface area (Å²) in [5, 5.41) is 0. The number of rotatable bonds is 6. The van der Waals surface area contributed by atoms with Crippen LogP contribution in [0.5, 0.6) is 0 Å². The molecule has 0 radical (unpaired) electrons. The third-order valence-electron chi connectivity index (χ3n) is 4.56. The van der Waals surface area contributed by atoms with Gasteiger partial charge in [0, 0.05) is 5.92 Å². The number of hydrogen-bond donors (Lipinski definition) is 0. The monoisotopic (exact) mass is 324 g/mol. The summed E-state index contributed by atoms with van der Waals surface area (Å²) in [6, 6.07) is 7.93. The van der Waals surface area contributed by atoms with Crippen LogP contribution in [0, 0.1) is 17.8 Å². The fraction of sp³-hybridized carbons (Fsp3) is 0.588. The van der Waals surface area contributed by atoms with Crippen LogP contribution in [0.3, 0.4) is 0 Å². The first-order valence-corrected chi connectivity index (χ1v) is 9.28. The molecule has 0 spiro atoms. The maximum atomic E-state index is 12.2. The zero-order valence-electron chi connectivity index (χ0n) is 13.2. The Kier molecular flexibility index (Phi) is 5.75. The molecule has 0 aromatic heterocycles. The summed E-state index contributed by atoms with van der Waals surface area (Å²) in [7, 11) is -3.84. The normalized spacial score (nSPS) is 22.7. The van der Waals surface area contributed by atoms with Crippen molar-refractivity contribution >= 4 is 15.9 Å². The maximum Gasteiger partial charge on any atom is 0.297 e. The lowest BCUT2D eigenvalue weighted by atomic mass is 9.76. The Hall–Kier alpha value is -1.20. The van der Waals surface area contributed by atoms with E-state index in [1.165, 1.54) is 12.1 Å². The Bertz CT molecular complexity index is 584. The van der Waals surface area contributed by atoms with E-state index < -0.39 is 10.1 Å². The molecule has 5 heteroatoms. The van der Waals surface area contributed by atoms with Crippen LogP contribution < -0.4 is 0 Å². The lowest BCUT2D eigenvalue weighted by Gasteiger charge is -2.29. The molecule has 0 saturated heterocycles. The highest BCUT2D eigenvalue weighted by Gasteiger charge is 2.28. The fourth-order valence-electron chi connectivity index (χ4n) is 3.02. The van der Waals surface area contributed by atoms with Gasteiger partial charge in [-0.15, -0.1) is 0 Å². The van der Waals surface area contributed by atoms with E-state index in [4.69, 9.17) is 4.18 Å². The van der Waals surface area contributed by atoms with E-state index in [1.807, 2.05) is 0 Å². The Morgan fingerprint density at radius 2 is 1.73 bits per heavy atom. The second kappa shape index (κ2) is 7.38. The third-order valence-corrected chi connectivity index (χ3v) is 5.84. The van der Waals surface area contributed by atoms with Crippen LogP contribution in [0.15, 0.2) is 35.2 Å².